The third kappa shape index (κ3) is 5.80. The third-order valence-corrected chi connectivity index (χ3v) is 8.36. The monoisotopic (exact) mass is 599 g/mol. The maximum atomic E-state index is 13.7. The van der Waals surface area contributed by atoms with Gasteiger partial charge in [-0.2, -0.15) is 5.10 Å². The number of nitrogens with two attached hydrogens (primary N) is 1. The van der Waals surface area contributed by atoms with Gasteiger partial charge in [0.15, 0.2) is 5.69 Å². The number of pyridine rings is 1. The molecule has 4 N–H and O–H groups in total. The van der Waals surface area contributed by atoms with Crippen molar-refractivity contribution >= 4 is 57.6 Å². The third-order valence-electron chi connectivity index (χ3n) is 8.15. The minimum absolute atomic E-state index is 0.0123. The van der Waals surface area contributed by atoms with Crippen LogP contribution in [0.3, 0.4) is 0 Å². The summed E-state index contributed by atoms with van der Waals surface area (Å²) in [6, 6.07) is 16.9. The van der Waals surface area contributed by atoms with Crippen molar-refractivity contribution in [3.05, 3.63) is 82.6 Å². The molecule has 12 heteroatoms. The number of benzene rings is 2. The number of carbonyl (C=O) groups excluding carboxylic acids is 4. The Morgan fingerprint density at radius 1 is 1.02 bits per heavy atom. The van der Waals surface area contributed by atoms with Crippen molar-refractivity contribution in [1.29, 1.82) is 0 Å². The lowest BCUT2D eigenvalue weighted by molar-refractivity contribution is -0.141. The second-order valence-electron chi connectivity index (χ2n) is 11.1. The standard InChI is InChI=1S/C31H30ClN7O4/c1-17-5-7-18(8-6-17)13-26(40)34-20-10-12-23-22(15-20)28(30(33)42)37-38(23)16-27(41)39-21-11-9-19(14-21)29(39)31(43)36-25-4-2-3-24(32)35-25/h2-8,10,12,15,19,21,29H,9,11,13-14,16H2,1H3,(H2,33,42)(H,34,40)(H,35,36,43)/t19-,21+,29-/m0/s1. The Labute approximate surface area is 252 Å². The van der Waals surface area contributed by atoms with Crippen molar-refractivity contribution in [3.8, 4) is 0 Å². The fourth-order valence-electron chi connectivity index (χ4n) is 6.23. The largest absolute Gasteiger partial charge is 0.364 e. The number of aromatic nitrogens is 3. The predicted molar refractivity (Wildman–Crippen MR) is 161 cm³/mol. The molecule has 1 aliphatic heterocycles. The van der Waals surface area contributed by atoms with Crippen molar-refractivity contribution in [3.63, 3.8) is 0 Å². The molecule has 43 heavy (non-hydrogen) atoms. The van der Waals surface area contributed by atoms with E-state index in [9.17, 15) is 19.2 Å². The number of piperidine rings is 1. The van der Waals surface area contributed by atoms with Crippen molar-refractivity contribution in [1.82, 2.24) is 19.7 Å². The number of amides is 4. The van der Waals surface area contributed by atoms with E-state index in [1.807, 2.05) is 31.2 Å². The van der Waals surface area contributed by atoms with Gasteiger partial charge in [0.1, 0.15) is 23.6 Å². The summed E-state index contributed by atoms with van der Waals surface area (Å²) in [6.07, 6.45) is 2.60. The first-order chi connectivity index (χ1) is 20.7. The van der Waals surface area contributed by atoms with E-state index in [1.54, 1.807) is 41.3 Å². The van der Waals surface area contributed by atoms with Crippen LogP contribution in [0.5, 0.6) is 0 Å². The number of hydrogen-bond donors (Lipinski definition) is 3. The van der Waals surface area contributed by atoms with E-state index in [0.29, 0.717) is 22.4 Å². The average molecular weight is 600 g/mol. The summed E-state index contributed by atoms with van der Waals surface area (Å²) >= 11 is 5.97. The molecular weight excluding hydrogens is 570 g/mol. The maximum Gasteiger partial charge on any atom is 0.269 e. The lowest BCUT2D eigenvalue weighted by Gasteiger charge is -2.34. The fraction of sp³-hybridized carbons (Fsp3) is 0.290. The summed E-state index contributed by atoms with van der Waals surface area (Å²) in [5.74, 6) is -1.22. The van der Waals surface area contributed by atoms with Gasteiger partial charge >= 0.3 is 0 Å². The van der Waals surface area contributed by atoms with Gasteiger partial charge in [0, 0.05) is 17.1 Å². The maximum absolute atomic E-state index is 13.7. The number of hydrogen-bond acceptors (Lipinski definition) is 6. The Balaban J connectivity index is 1.21. The number of fused-ring (bicyclic) bond motifs is 3. The molecular formula is C31H30ClN7O4. The number of likely N-dealkylation sites (tertiary alicyclic amines) is 1. The van der Waals surface area contributed by atoms with Crippen LogP contribution < -0.4 is 16.4 Å². The van der Waals surface area contributed by atoms with Gasteiger partial charge in [-0.15, -0.1) is 0 Å². The molecule has 0 unspecified atom stereocenters. The van der Waals surface area contributed by atoms with E-state index in [4.69, 9.17) is 17.3 Å². The zero-order chi connectivity index (χ0) is 30.2. The zero-order valence-corrected chi connectivity index (χ0v) is 24.2. The minimum Gasteiger partial charge on any atom is -0.364 e. The quantitative estimate of drug-likeness (QED) is 0.263. The highest BCUT2D eigenvalue weighted by Gasteiger charge is 2.51. The van der Waals surface area contributed by atoms with Crippen LogP contribution >= 0.6 is 11.6 Å². The van der Waals surface area contributed by atoms with E-state index in [-0.39, 0.29) is 53.5 Å². The van der Waals surface area contributed by atoms with Crippen LogP contribution in [0, 0.1) is 12.8 Å². The molecule has 2 aromatic heterocycles. The Kier molecular flexibility index (Phi) is 7.57. The van der Waals surface area contributed by atoms with Crippen molar-refractivity contribution < 1.29 is 19.2 Å². The Bertz CT molecular complexity index is 1750. The van der Waals surface area contributed by atoms with E-state index >= 15 is 0 Å². The first-order valence-corrected chi connectivity index (χ1v) is 14.4. The average Bonchev–Trinajstić information content (AvgIpc) is 3.68. The molecule has 3 atom stereocenters. The Morgan fingerprint density at radius 3 is 2.56 bits per heavy atom. The lowest BCUT2D eigenvalue weighted by Crippen LogP contribution is -2.52. The molecule has 4 amide bonds. The van der Waals surface area contributed by atoms with Gasteiger partial charge < -0.3 is 21.3 Å². The molecule has 11 nitrogen and oxygen atoms in total. The molecule has 2 fully saturated rings. The van der Waals surface area contributed by atoms with Gasteiger partial charge in [0.25, 0.3) is 5.91 Å². The number of halogens is 1. The van der Waals surface area contributed by atoms with E-state index < -0.39 is 11.9 Å². The number of nitrogens with zero attached hydrogens (tertiary/aromatic N) is 4. The van der Waals surface area contributed by atoms with E-state index in [2.05, 4.69) is 20.7 Å². The molecule has 220 valence electrons. The van der Waals surface area contributed by atoms with Crippen LogP contribution in [-0.2, 0) is 27.3 Å². The SMILES string of the molecule is Cc1ccc(CC(=O)Nc2ccc3c(c2)c(C(N)=O)nn3CC(=O)N2[C@@H]3CC[C@@H](C3)[C@H]2C(=O)Nc2cccc(Cl)n2)cc1. The fourth-order valence-corrected chi connectivity index (χ4v) is 6.39. The van der Waals surface area contributed by atoms with Gasteiger partial charge in [0.05, 0.1) is 11.9 Å². The highest BCUT2D eigenvalue weighted by atomic mass is 35.5. The molecule has 0 spiro atoms. The molecule has 1 aliphatic carbocycles. The molecule has 1 saturated heterocycles. The summed E-state index contributed by atoms with van der Waals surface area (Å²) in [4.78, 5) is 57.8. The van der Waals surface area contributed by atoms with Crippen LogP contribution in [-0.4, -0.2) is 55.4 Å². The summed E-state index contributed by atoms with van der Waals surface area (Å²) in [6.45, 7) is 1.79. The number of nitrogens with one attached hydrogen (secondary N) is 2. The first-order valence-electron chi connectivity index (χ1n) is 14.1. The second-order valence-corrected chi connectivity index (χ2v) is 11.5. The molecule has 4 aromatic rings. The van der Waals surface area contributed by atoms with E-state index in [1.165, 1.54) is 4.68 Å². The Hall–Kier alpha value is -4.77. The Morgan fingerprint density at radius 2 is 1.81 bits per heavy atom. The summed E-state index contributed by atoms with van der Waals surface area (Å²) in [7, 11) is 0. The predicted octanol–water partition coefficient (Wildman–Crippen LogP) is 3.69. The highest BCUT2D eigenvalue weighted by molar-refractivity contribution is 6.29. The molecule has 2 bridgehead atoms. The molecule has 3 heterocycles. The smallest absolute Gasteiger partial charge is 0.269 e. The summed E-state index contributed by atoms with van der Waals surface area (Å²) in [5, 5.41) is 10.7. The number of aryl methyl sites for hydroxylation is 1. The number of rotatable bonds is 8. The van der Waals surface area contributed by atoms with Crippen LogP contribution in [0.2, 0.25) is 5.15 Å². The number of anilines is 2. The molecule has 2 aliphatic rings. The van der Waals surface area contributed by atoms with Crippen LogP contribution in [0.1, 0.15) is 40.9 Å². The molecule has 2 aromatic carbocycles. The zero-order valence-electron chi connectivity index (χ0n) is 23.4. The van der Waals surface area contributed by atoms with Gasteiger partial charge in [-0.25, -0.2) is 4.98 Å². The summed E-state index contributed by atoms with van der Waals surface area (Å²) < 4.78 is 1.43. The van der Waals surface area contributed by atoms with E-state index in [0.717, 1.165) is 30.4 Å². The van der Waals surface area contributed by atoms with Crippen LogP contribution in [0.4, 0.5) is 11.5 Å². The van der Waals surface area contributed by atoms with Gasteiger partial charge in [-0.3, -0.25) is 23.9 Å². The topological polar surface area (TPSA) is 152 Å². The van der Waals surface area contributed by atoms with Crippen molar-refractivity contribution in [2.24, 2.45) is 11.7 Å². The summed E-state index contributed by atoms with van der Waals surface area (Å²) in [5.41, 5.74) is 8.59. The van der Waals surface area contributed by atoms with Crippen molar-refractivity contribution in [2.45, 2.75) is 51.2 Å². The number of carbonyl (C=O) groups is 4. The first kappa shape index (κ1) is 28.4. The van der Waals surface area contributed by atoms with Gasteiger partial charge in [-0.05, 0) is 68.0 Å². The second kappa shape index (κ2) is 11.5. The van der Waals surface area contributed by atoms with Crippen molar-refractivity contribution in [2.75, 3.05) is 10.6 Å². The van der Waals surface area contributed by atoms with Crippen LogP contribution in [0.15, 0.2) is 60.7 Å². The van der Waals surface area contributed by atoms with Crippen LogP contribution in [0.25, 0.3) is 10.9 Å². The lowest BCUT2D eigenvalue weighted by atomic mass is 9.97. The molecule has 1 saturated carbocycles. The van der Waals surface area contributed by atoms with Gasteiger partial charge in [-0.1, -0.05) is 47.5 Å². The highest BCUT2D eigenvalue weighted by Crippen LogP contribution is 2.43. The molecule has 0 radical (unpaired) electrons. The normalized spacial score (nSPS) is 19.0. The molecule has 6 rings (SSSR count). The minimum atomic E-state index is -0.758. The van der Waals surface area contributed by atoms with Gasteiger partial charge in [0.2, 0.25) is 17.7 Å². The number of primary amides is 1.